The Kier molecular flexibility index (Phi) is 5.18. The van der Waals surface area contributed by atoms with Crippen molar-refractivity contribution in [1.82, 2.24) is 5.32 Å². The van der Waals surface area contributed by atoms with Gasteiger partial charge in [-0.1, -0.05) is 34.1 Å². The van der Waals surface area contributed by atoms with Crippen LogP contribution >= 0.6 is 15.9 Å². The second-order valence-electron chi connectivity index (χ2n) is 3.24. The number of para-hydroxylation sites is 1. The van der Waals surface area contributed by atoms with Gasteiger partial charge in [0.2, 0.25) is 5.91 Å². The van der Waals surface area contributed by atoms with Gasteiger partial charge in [-0.2, -0.15) is 0 Å². The third-order valence-corrected chi connectivity index (χ3v) is 2.60. The maximum absolute atomic E-state index is 11.0. The highest BCUT2D eigenvalue weighted by molar-refractivity contribution is 9.09. The summed E-state index contributed by atoms with van der Waals surface area (Å²) < 4.78 is 0. The lowest BCUT2D eigenvalue weighted by Gasteiger charge is -2.19. The van der Waals surface area contributed by atoms with E-state index in [0.717, 1.165) is 12.2 Å². The first-order valence-corrected chi connectivity index (χ1v) is 5.95. The molecule has 0 spiro atoms. The zero-order valence-electron chi connectivity index (χ0n) is 8.74. The van der Waals surface area contributed by atoms with Crippen LogP contribution in [0.1, 0.15) is 0 Å². The van der Waals surface area contributed by atoms with Crippen molar-refractivity contribution in [3.8, 4) is 0 Å². The Bertz CT molecular complexity index is 303. The van der Waals surface area contributed by atoms with E-state index in [1.54, 1.807) is 0 Å². The summed E-state index contributed by atoms with van der Waals surface area (Å²) in [6.45, 7) is 1.47. The van der Waals surface area contributed by atoms with Crippen molar-refractivity contribution in [2.24, 2.45) is 0 Å². The summed E-state index contributed by atoms with van der Waals surface area (Å²) in [7, 11) is 2.01. The van der Waals surface area contributed by atoms with E-state index in [1.807, 2.05) is 37.4 Å². The first-order valence-electron chi connectivity index (χ1n) is 4.83. The predicted octanol–water partition coefficient (Wildman–Crippen LogP) is 1.63. The van der Waals surface area contributed by atoms with Gasteiger partial charge < -0.3 is 10.2 Å². The Labute approximate surface area is 98.6 Å². The lowest BCUT2D eigenvalue weighted by Crippen LogP contribution is -2.33. The number of amides is 1. The number of hydrogen-bond donors (Lipinski definition) is 1. The molecule has 0 unspecified atom stereocenters. The Morgan fingerprint density at radius 2 is 2.07 bits per heavy atom. The van der Waals surface area contributed by atoms with Crippen LogP contribution in [0.2, 0.25) is 0 Å². The topological polar surface area (TPSA) is 32.3 Å². The predicted molar refractivity (Wildman–Crippen MR) is 66.5 cm³/mol. The number of halogens is 1. The summed E-state index contributed by atoms with van der Waals surface area (Å²) in [6, 6.07) is 10.1. The average Bonchev–Trinajstić information content (AvgIpc) is 2.29. The van der Waals surface area contributed by atoms with Gasteiger partial charge in [0.1, 0.15) is 0 Å². The number of rotatable bonds is 5. The second-order valence-corrected chi connectivity index (χ2v) is 3.80. The first kappa shape index (κ1) is 12.0. The molecule has 0 atom stereocenters. The monoisotopic (exact) mass is 270 g/mol. The molecule has 3 nitrogen and oxygen atoms in total. The van der Waals surface area contributed by atoms with Crippen LogP contribution in [-0.4, -0.2) is 31.4 Å². The lowest BCUT2D eigenvalue weighted by atomic mass is 10.3. The molecule has 0 saturated heterocycles. The number of hydrogen-bond acceptors (Lipinski definition) is 2. The molecule has 15 heavy (non-hydrogen) atoms. The second kappa shape index (κ2) is 6.45. The highest BCUT2D eigenvalue weighted by Crippen LogP contribution is 2.09. The molecule has 1 aromatic rings. The van der Waals surface area contributed by atoms with Gasteiger partial charge in [-0.15, -0.1) is 0 Å². The minimum atomic E-state index is 0.0245. The van der Waals surface area contributed by atoms with Gasteiger partial charge in [0.25, 0.3) is 0 Å². The largest absolute Gasteiger partial charge is 0.373 e. The fourth-order valence-electron chi connectivity index (χ4n) is 1.22. The van der Waals surface area contributed by atoms with E-state index in [2.05, 4.69) is 26.1 Å². The molecule has 0 fully saturated rings. The number of nitrogens with one attached hydrogen (secondary N) is 1. The maximum Gasteiger partial charge on any atom is 0.230 e. The fraction of sp³-hybridized carbons (Fsp3) is 0.364. The number of carbonyl (C=O) groups is 1. The molecule has 0 radical (unpaired) electrons. The van der Waals surface area contributed by atoms with E-state index >= 15 is 0 Å². The molecule has 82 valence electrons. The average molecular weight is 271 g/mol. The third kappa shape index (κ3) is 4.34. The van der Waals surface area contributed by atoms with E-state index < -0.39 is 0 Å². The van der Waals surface area contributed by atoms with Crippen LogP contribution in [0.5, 0.6) is 0 Å². The Hall–Kier alpha value is -1.03. The molecule has 0 heterocycles. The summed E-state index contributed by atoms with van der Waals surface area (Å²) in [5.74, 6) is 0.0245. The molecule has 0 aliphatic carbocycles. The van der Waals surface area contributed by atoms with Gasteiger partial charge in [0, 0.05) is 25.8 Å². The van der Waals surface area contributed by atoms with Crippen molar-refractivity contribution in [2.75, 3.05) is 30.4 Å². The van der Waals surface area contributed by atoms with E-state index in [-0.39, 0.29) is 5.91 Å². The Morgan fingerprint density at radius 1 is 1.40 bits per heavy atom. The molecule has 0 aliphatic heterocycles. The van der Waals surface area contributed by atoms with Gasteiger partial charge >= 0.3 is 0 Å². The van der Waals surface area contributed by atoms with Crippen molar-refractivity contribution in [1.29, 1.82) is 0 Å². The molecule has 0 aliphatic rings. The number of nitrogens with zero attached hydrogens (tertiary/aromatic N) is 1. The van der Waals surface area contributed by atoms with Crippen LogP contribution in [0.25, 0.3) is 0 Å². The maximum atomic E-state index is 11.0. The van der Waals surface area contributed by atoms with E-state index in [1.165, 1.54) is 0 Å². The smallest absolute Gasteiger partial charge is 0.230 e. The van der Waals surface area contributed by atoms with Gasteiger partial charge in [-0.05, 0) is 12.1 Å². The quantitative estimate of drug-likeness (QED) is 0.826. The van der Waals surface area contributed by atoms with Crippen molar-refractivity contribution >= 4 is 27.5 Å². The molecule has 0 aromatic heterocycles. The van der Waals surface area contributed by atoms with Gasteiger partial charge in [0.15, 0.2) is 0 Å². The number of benzene rings is 1. The van der Waals surface area contributed by atoms with E-state index in [9.17, 15) is 4.79 Å². The van der Waals surface area contributed by atoms with Crippen LogP contribution in [0.15, 0.2) is 30.3 Å². The normalized spacial score (nSPS) is 9.73. The number of alkyl halides is 1. The molecule has 4 heteroatoms. The molecule has 1 amide bonds. The van der Waals surface area contributed by atoms with Gasteiger partial charge in [-0.3, -0.25) is 4.79 Å². The molecular formula is C11H15BrN2O. The lowest BCUT2D eigenvalue weighted by molar-refractivity contribution is -0.118. The number of anilines is 1. The molecule has 0 saturated carbocycles. The van der Waals surface area contributed by atoms with Gasteiger partial charge in [0.05, 0.1) is 5.33 Å². The molecular weight excluding hydrogens is 256 g/mol. The summed E-state index contributed by atoms with van der Waals surface area (Å²) >= 11 is 3.10. The minimum Gasteiger partial charge on any atom is -0.373 e. The summed E-state index contributed by atoms with van der Waals surface area (Å²) in [5.41, 5.74) is 1.16. The molecule has 1 aromatic carbocycles. The van der Waals surface area contributed by atoms with Crippen LogP contribution < -0.4 is 10.2 Å². The highest BCUT2D eigenvalue weighted by Gasteiger charge is 2.00. The van der Waals surface area contributed by atoms with Crippen molar-refractivity contribution in [3.63, 3.8) is 0 Å². The summed E-state index contributed by atoms with van der Waals surface area (Å²) in [5, 5.41) is 3.17. The molecule has 1 N–H and O–H groups in total. The number of carbonyl (C=O) groups excluding carboxylic acids is 1. The van der Waals surface area contributed by atoms with Crippen LogP contribution in [0.3, 0.4) is 0 Å². The fourth-order valence-corrected chi connectivity index (χ4v) is 1.42. The molecule has 0 bridgehead atoms. The van der Waals surface area contributed by atoms with Crippen molar-refractivity contribution in [2.45, 2.75) is 0 Å². The Balaban J connectivity index is 2.31. The number of likely N-dealkylation sites (N-methyl/N-ethyl adjacent to an activating group) is 1. The van der Waals surface area contributed by atoms with Gasteiger partial charge in [-0.25, -0.2) is 0 Å². The zero-order valence-corrected chi connectivity index (χ0v) is 10.3. The van der Waals surface area contributed by atoms with Crippen LogP contribution in [-0.2, 0) is 4.79 Å². The van der Waals surface area contributed by atoms with Crippen molar-refractivity contribution < 1.29 is 4.79 Å². The first-order chi connectivity index (χ1) is 7.24. The zero-order chi connectivity index (χ0) is 11.1. The standard InChI is InChI=1S/C11H15BrN2O/c1-14(8-7-13-11(15)9-12)10-5-3-2-4-6-10/h2-6H,7-9H2,1H3,(H,13,15). The van der Waals surface area contributed by atoms with Crippen molar-refractivity contribution in [3.05, 3.63) is 30.3 Å². The highest BCUT2D eigenvalue weighted by atomic mass is 79.9. The Morgan fingerprint density at radius 3 is 2.67 bits per heavy atom. The van der Waals surface area contributed by atoms with Crippen LogP contribution in [0, 0.1) is 0 Å². The third-order valence-electron chi connectivity index (χ3n) is 2.09. The van der Waals surface area contributed by atoms with E-state index in [0.29, 0.717) is 11.9 Å². The van der Waals surface area contributed by atoms with E-state index in [4.69, 9.17) is 0 Å². The molecule has 1 rings (SSSR count). The SMILES string of the molecule is CN(CCNC(=O)CBr)c1ccccc1. The minimum absolute atomic E-state index is 0.0245. The summed E-state index contributed by atoms with van der Waals surface area (Å²) in [4.78, 5) is 13.1. The summed E-state index contributed by atoms with van der Waals surface area (Å²) in [6.07, 6.45) is 0. The van der Waals surface area contributed by atoms with Crippen LogP contribution in [0.4, 0.5) is 5.69 Å².